The van der Waals surface area contributed by atoms with Crippen molar-refractivity contribution in [2.45, 2.75) is 26.0 Å². The van der Waals surface area contributed by atoms with Gasteiger partial charge in [-0.25, -0.2) is 0 Å². The Morgan fingerprint density at radius 3 is 3.15 bits per heavy atom. The zero-order valence-electron chi connectivity index (χ0n) is 7.88. The third-order valence-electron chi connectivity index (χ3n) is 2.73. The second kappa shape index (κ2) is 3.48. The van der Waals surface area contributed by atoms with E-state index in [1.807, 2.05) is 12.1 Å². The van der Waals surface area contributed by atoms with Crippen LogP contribution in [0.4, 0.5) is 0 Å². The Hall–Kier alpha value is -0.860. The molecular weight excluding hydrogens is 162 g/mol. The van der Waals surface area contributed by atoms with Gasteiger partial charge in [0.2, 0.25) is 0 Å². The third-order valence-corrected chi connectivity index (χ3v) is 2.73. The van der Waals surface area contributed by atoms with Crippen LogP contribution in [-0.4, -0.2) is 11.7 Å². The quantitative estimate of drug-likeness (QED) is 0.679. The molecule has 2 rings (SSSR count). The van der Waals surface area contributed by atoms with Crippen molar-refractivity contribution in [2.75, 3.05) is 6.54 Å². The zero-order chi connectivity index (χ0) is 9.26. The Balaban J connectivity index is 2.50. The molecule has 1 aromatic carbocycles. The van der Waals surface area contributed by atoms with Crippen LogP contribution in [0.15, 0.2) is 18.2 Å². The van der Waals surface area contributed by atoms with Crippen molar-refractivity contribution < 1.29 is 5.11 Å². The molecule has 2 N–H and O–H groups in total. The Morgan fingerprint density at radius 1 is 1.54 bits per heavy atom. The number of aliphatic hydroxyl groups excluding tert-OH is 1. The molecule has 1 aliphatic rings. The van der Waals surface area contributed by atoms with Crippen LogP contribution in [0.25, 0.3) is 0 Å². The molecule has 0 unspecified atom stereocenters. The standard InChI is InChI=1S/C11H15NO/c1-8-11-9(5-6-12-8)3-2-4-10(11)7-13/h2-4,8,12-13H,5-7H2,1H3/t8-/m1/s1. The van der Waals surface area contributed by atoms with E-state index in [1.54, 1.807) is 0 Å². The SMILES string of the molecule is C[C@H]1NCCc2cccc(CO)c21. The molecule has 70 valence electrons. The predicted molar refractivity (Wildman–Crippen MR) is 52.5 cm³/mol. The molecule has 2 nitrogen and oxygen atoms in total. The summed E-state index contributed by atoms with van der Waals surface area (Å²) in [5.74, 6) is 0. The summed E-state index contributed by atoms with van der Waals surface area (Å²) in [7, 11) is 0. The van der Waals surface area contributed by atoms with Gasteiger partial charge in [0.15, 0.2) is 0 Å². The van der Waals surface area contributed by atoms with Crippen molar-refractivity contribution in [1.29, 1.82) is 0 Å². The monoisotopic (exact) mass is 177 g/mol. The molecule has 0 fully saturated rings. The molecule has 1 aromatic rings. The van der Waals surface area contributed by atoms with Gasteiger partial charge in [0, 0.05) is 6.04 Å². The van der Waals surface area contributed by atoms with Gasteiger partial charge in [0.05, 0.1) is 6.61 Å². The van der Waals surface area contributed by atoms with E-state index in [0.717, 1.165) is 18.5 Å². The molecule has 0 amide bonds. The van der Waals surface area contributed by atoms with Gasteiger partial charge in [0.25, 0.3) is 0 Å². The highest BCUT2D eigenvalue weighted by Crippen LogP contribution is 2.25. The van der Waals surface area contributed by atoms with Gasteiger partial charge in [-0.1, -0.05) is 18.2 Å². The highest BCUT2D eigenvalue weighted by Gasteiger charge is 2.17. The molecule has 1 heterocycles. The second-order valence-corrected chi connectivity index (χ2v) is 3.57. The topological polar surface area (TPSA) is 32.3 Å². The van der Waals surface area contributed by atoms with Crippen LogP contribution in [0.5, 0.6) is 0 Å². The molecule has 0 aromatic heterocycles. The van der Waals surface area contributed by atoms with Crippen LogP contribution in [0.1, 0.15) is 29.7 Å². The summed E-state index contributed by atoms with van der Waals surface area (Å²) in [5, 5.41) is 12.6. The van der Waals surface area contributed by atoms with Gasteiger partial charge in [-0.3, -0.25) is 0 Å². The molecule has 13 heavy (non-hydrogen) atoms. The highest BCUT2D eigenvalue weighted by atomic mass is 16.3. The fourth-order valence-electron chi connectivity index (χ4n) is 2.10. The van der Waals surface area contributed by atoms with Crippen LogP contribution in [-0.2, 0) is 13.0 Å². The van der Waals surface area contributed by atoms with Crippen molar-refractivity contribution in [1.82, 2.24) is 5.32 Å². The van der Waals surface area contributed by atoms with Crippen molar-refractivity contribution >= 4 is 0 Å². The first-order valence-corrected chi connectivity index (χ1v) is 4.78. The number of aliphatic hydroxyl groups is 1. The molecule has 0 spiro atoms. The van der Waals surface area contributed by atoms with E-state index in [2.05, 4.69) is 18.3 Å². The van der Waals surface area contributed by atoms with Gasteiger partial charge in [-0.05, 0) is 36.6 Å². The number of rotatable bonds is 1. The Morgan fingerprint density at radius 2 is 2.38 bits per heavy atom. The third kappa shape index (κ3) is 1.47. The number of hydrogen-bond acceptors (Lipinski definition) is 2. The maximum atomic E-state index is 9.18. The van der Waals surface area contributed by atoms with Crippen LogP contribution in [0, 0.1) is 0 Å². The van der Waals surface area contributed by atoms with Gasteiger partial charge in [-0.2, -0.15) is 0 Å². The minimum absolute atomic E-state index is 0.148. The first kappa shape index (κ1) is 8.73. The molecule has 0 saturated carbocycles. The number of nitrogens with one attached hydrogen (secondary N) is 1. The first-order valence-electron chi connectivity index (χ1n) is 4.78. The van der Waals surface area contributed by atoms with E-state index in [9.17, 15) is 5.11 Å². The lowest BCUT2D eigenvalue weighted by Crippen LogP contribution is -2.28. The maximum absolute atomic E-state index is 9.18. The summed E-state index contributed by atoms with van der Waals surface area (Å²) >= 11 is 0. The lowest BCUT2D eigenvalue weighted by atomic mass is 9.91. The zero-order valence-corrected chi connectivity index (χ0v) is 7.88. The summed E-state index contributed by atoms with van der Waals surface area (Å²) in [6.07, 6.45) is 1.08. The molecule has 0 bridgehead atoms. The van der Waals surface area contributed by atoms with E-state index >= 15 is 0 Å². The summed E-state index contributed by atoms with van der Waals surface area (Å²) < 4.78 is 0. The van der Waals surface area contributed by atoms with E-state index in [0.29, 0.717) is 6.04 Å². The number of fused-ring (bicyclic) bond motifs is 1. The molecule has 0 saturated heterocycles. The largest absolute Gasteiger partial charge is 0.392 e. The van der Waals surface area contributed by atoms with Crippen molar-refractivity contribution in [3.05, 3.63) is 34.9 Å². The van der Waals surface area contributed by atoms with Gasteiger partial charge in [0.1, 0.15) is 0 Å². The Bertz CT molecular complexity index is 295. The molecule has 0 aliphatic carbocycles. The summed E-state index contributed by atoms with van der Waals surface area (Å²) in [6, 6.07) is 6.57. The highest BCUT2D eigenvalue weighted by molar-refractivity contribution is 5.38. The predicted octanol–water partition coefficient (Wildman–Crippen LogP) is 1.39. The molecule has 0 radical (unpaired) electrons. The average molecular weight is 177 g/mol. The smallest absolute Gasteiger partial charge is 0.0685 e. The lowest BCUT2D eigenvalue weighted by molar-refractivity contribution is 0.278. The van der Waals surface area contributed by atoms with E-state index < -0.39 is 0 Å². The van der Waals surface area contributed by atoms with E-state index in [1.165, 1.54) is 11.1 Å². The molecule has 2 heteroatoms. The van der Waals surface area contributed by atoms with E-state index in [4.69, 9.17) is 0 Å². The van der Waals surface area contributed by atoms with Crippen LogP contribution in [0.3, 0.4) is 0 Å². The number of benzene rings is 1. The van der Waals surface area contributed by atoms with Crippen LogP contribution < -0.4 is 5.32 Å². The Labute approximate surface area is 78.6 Å². The fraction of sp³-hybridized carbons (Fsp3) is 0.455. The Kier molecular flexibility index (Phi) is 2.34. The van der Waals surface area contributed by atoms with Crippen molar-refractivity contribution in [2.24, 2.45) is 0 Å². The summed E-state index contributed by atoms with van der Waals surface area (Å²) in [4.78, 5) is 0. The summed E-state index contributed by atoms with van der Waals surface area (Å²) in [5.41, 5.74) is 3.76. The fourth-order valence-corrected chi connectivity index (χ4v) is 2.10. The first-order chi connectivity index (χ1) is 6.33. The molecule has 1 atom stereocenters. The van der Waals surface area contributed by atoms with Crippen molar-refractivity contribution in [3.63, 3.8) is 0 Å². The summed E-state index contributed by atoms with van der Waals surface area (Å²) in [6.45, 7) is 3.34. The van der Waals surface area contributed by atoms with Crippen LogP contribution >= 0.6 is 0 Å². The van der Waals surface area contributed by atoms with Gasteiger partial charge in [-0.15, -0.1) is 0 Å². The minimum atomic E-state index is 0.148. The molecular formula is C11H15NO. The average Bonchev–Trinajstić information content (AvgIpc) is 2.17. The van der Waals surface area contributed by atoms with E-state index in [-0.39, 0.29) is 6.61 Å². The molecule has 1 aliphatic heterocycles. The minimum Gasteiger partial charge on any atom is -0.392 e. The normalized spacial score (nSPS) is 21.2. The van der Waals surface area contributed by atoms with Crippen molar-refractivity contribution in [3.8, 4) is 0 Å². The maximum Gasteiger partial charge on any atom is 0.0685 e. The van der Waals surface area contributed by atoms with Gasteiger partial charge >= 0.3 is 0 Å². The lowest BCUT2D eigenvalue weighted by Gasteiger charge is -2.26. The second-order valence-electron chi connectivity index (χ2n) is 3.57. The van der Waals surface area contributed by atoms with Gasteiger partial charge < -0.3 is 10.4 Å². The van der Waals surface area contributed by atoms with Crippen LogP contribution in [0.2, 0.25) is 0 Å². The number of hydrogen-bond donors (Lipinski definition) is 2.